The predicted molar refractivity (Wildman–Crippen MR) is 69.8 cm³/mol. The maximum atomic E-state index is 9.66. The quantitative estimate of drug-likeness (QED) is 0.879. The number of benzene rings is 1. The number of para-hydroxylation sites is 1. The van der Waals surface area contributed by atoms with Crippen LogP contribution < -0.4 is 4.74 Å². The second kappa shape index (κ2) is 6.18. The summed E-state index contributed by atoms with van der Waals surface area (Å²) in [6, 6.07) is 7.58. The first-order valence-electron chi connectivity index (χ1n) is 6.36. The highest BCUT2D eigenvalue weighted by Gasteiger charge is 2.19. The standard InChI is InChI=1S/C14H21NO3/c1-11(16)13-5-3-4-6-14(13)18-10-12-9-15(2)7-8-17-12/h3-6,11-12,16H,7-10H2,1-2H3/t11-,12?/m1/s1. The van der Waals surface area contributed by atoms with E-state index in [-0.39, 0.29) is 6.10 Å². The molecule has 4 nitrogen and oxygen atoms in total. The summed E-state index contributed by atoms with van der Waals surface area (Å²) in [7, 11) is 2.08. The Labute approximate surface area is 108 Å². The summed E-state index contributed by atoms with van der Waals surface area (Å²) in [5.74, 6) is 0.740. The van der Waals surface area contributed by atoms with Crippen molar-refractivity contribution in [3.8, 4) is 5.75 Å². The molecule has 1 aromatic carbocycles. The van der Waals surface area contributed by atoms with Gasteiger partial charge in [-0.3, -0.25) is 0 Å². The largest absolute Gasteiger partial charge is 0.490 e. The molecule has 1 N–H and O–H groups in total. The average molecular weight is 251 g/mol. The Kier molecular flexibility index (Phi) is 4.58. The van der Waals surface area contributed by atoms with E-state index in [4.69, 9.17) is 9.47 Å². The molecular weight excluding hydrogens is 230 g/mol. The van der Waals surface area contributed by atoms with Gasteiger partial charge in [-0.2, -0.15) is 0 Å². The number of nitrogens with zero attached hydrogens (tertiary/aromatic N) is 1. The van der Waals surface area contributed by atoms with Gasteiger partial charge in [0.05, 0.1) is 12.7 Å². The first-order chi connectivity index (χ1) is 8.66. The van der Waals surface area contributed by atoms with Gasteiger partial charge in [0.25, 0.3) is 0 Å². The monoisotopic (exact) mass is 251 g/mol. The lowest BCUT2D eigenvalue weighted by Gasteiger charge is -2.30. The third kappa shape index (κ3) is 3.45. The number of likely N-dealkylation sites (N-methyl/N-ethyl adjacent to an activating group) is 1. The van der Waals surface area contributed by atoms with E-state index in [1.165, 1.54) is 0 Å². The van der Waals surface area contributed by atoms with Gasteiger partial charge in [-0.15, -0.1) is 0 Å². The van der Waals surface area contributed by atoms with Gasteiger partial charge in [-0.25, -0.2) is 0 Å². The lowest BCUT2D eigenvalue weighted by Crippen LogP contribution is -2.42. The summed E-state index contributed by atoms with van der Waals surface area (Å²) in [5, 5.41) is 9.66. The van der Waals surface area contributed by atoms with Crippen LogP contribution in [0.25, 0.3) is 0 Å². The SMILES string of the molecule is C[C@@H](O)c1ccccc1OCC1CN(C)CCO1. The average Bonchev–Trinajstić information content (AvgIpc) is 2.37. The molecule has 0 amide bonds. The third-order valence-corrected chi connectivity index (χ3v) is 3.14. The minimum Gasteiger partial charge on any atom is -0.490 e. The molecule has 1 saturated heterocycles. The molecule has 1 fully saturated rings. The van der Waals surface area contributed by atoms with Gasteiger partial charge < -0.3 is 19.5 Å². The Morgan fingerprint density at radius 1 is 1.50 bits per heavy atom. The van der Waals surface area contributed by atoms with E-state index in [0.29, 0.717) is 6.61 Å². The molecule has 4 heteroatoms. The number of ether oxygens (including phenoxy) is 2. The second-order valence-corrected chi connectivity index (χ2v) is 4.78. The smallest absolute Gasteiger partial charge is 0.125 e. The van der Waals surface area contributed by atoms with Crippen LogP contribution in [0.2, 0.25) is 0 Å². The lowest BCUT2D eigenvalue weighted by atomic mass is 10.1. The highest BCUT2D eigenvalue weighted by atomic mass is 16.5. The van der Waals surface area contributed by atoms with Crippen molar-refractivity contribution in [3.05, 3.63) is 29.8 Å². The van der Waals surface area contributed by atoms with Gasteiger partial charge in [-0.05, 0) is 20.0 Å². The molecule has 0 spiro atoms. The molecule has 0 bridgehead atoms. The zero-order valence-corrected chi connectivity index (χ0v) is 11.0. The van der Waals surface area contributed by atoms with Crippen molar-refractivity contribution in [2.24, 2.45) is 0 Å². The van der Waals surface area contributed by atoms with Crippen molar-refractivity contribution >= 4 is 0 Å². The van der Waals surface area contributed by atoms with Crippen LogP contribution in [0.5, 0.6) is 5.75 Å². The zero-order valence-electron chi connectivity index (χ0n) is 11.0. The third-order valence-electron chi connectivity index (χ3n) is 3.14. The Morgan fingerprint density at radius 2 is 2.28 bits per heavy atom. The summed E-state index contributed by atoms with van der Waals surface area (Å²) < 4.78 is 11.4. The highest BCUT2D eigenvalue weighted by Crippen LogP contribution is 2.24. The van der Waals surface area contributed by atoms with E-state index >= 15 is 0 Å². The number of aliphatic hydroxyl groups is 1. The van der Waals surface area contributed by atoms with E-state index < -0.39 is 6.10 Å². The molecule has 0 saturated carbocycles. The second-order valence-electron chi connectivity index (χ2n) is 4.78. The summed E-state index contributed by atoms with van der Waals surface area (Å²) in [6.07, 6.45) is -0.415. The van der Waals surface area contributed by atoms with Crippen molar-refractivity contribution < 1.29 is 14.6 Å². The number of morpholine rings is 1. The molecule has 2 rings (SSSR count). The minimum atomic E-state index is -0.517. The number of aliphatic hydroxyl groups excluding tert-OH is 1. The van der Waals surface area contributed by atoms with Crippen LogP contribution in [0.3, 0.4) is 0 Å². The van der Waals surface area contributed by atoms with E-state index in [1.54, 1.807) is 6.92 Å². The zero-order chi connectivity index (χ0) is 13.0. The molecule has 1 heterocycles. The van der Waals surface area contributed by atoms with E-state index in [0.717, 1.165) is 31.0 Å². The lowest BCUT2D eigenvalue weighted by molar-refractivity contribution is -0.0407. The van der Waals surface area contributed by atoms with Gasteiger partial charge in [0, 0.05) is 18.7 Å². The normalized spacial score (nSPS) is 22.7. The molecular formula is C14H21NO3. The molecule has 2 atom stereocenters. The van der Waals surface area contributed by atoms with Crippen molar-refractivity contribution in [2.45, 2.75) is 19.1 Å². The Hall–Kier alpha value is -1.10. The molecule has 1 aromatic rings. The van der Waals surface area contributed by atoms with E-state index in [2.05, 4.69) is 11.9 Å². The number of hydrogen-bond donors (Lipinski definition) is 1. The number of hydrogen-bond acceptors (Lipinski definition) is 4. The Bertz CT molecular complexity index is 381. The molecule has 1 unspecified atom stereocenters. The molecule has 100 valence electrons. The molecule has 1 aliphatic heterocycles. The predicted octanol–water partition coefficient (Wildman–Crippen LogP) is 1.45. The first-order valence-corrected chi connectivity index (χ1v) is 6.36. The fraction of sp³-hybridized carbons (Fsp3) is 0.571. The van der Waals surface area contributed by atoms with E-state index in [1.807, 2.05) is 24.3 Å². The van der Waals surface area contributed by atoms with Crippen LogP contribution in [0.1, 0.15) is 18.6 Å². The summed E-state index contributed by atoms with van der Waals surface area (Å²) in [4.78, 5) is 2.23. The van der Waals surface area contributed by atoms with Crippen LogP contribution in [-0.4, -0.2) is 49.5 Å². The molecule has 0 aliphatic carbocycles. The highest BCUT2D eigenvalue weighted by molar-refractivity contribution is 5.34. The molecule has 0 radical (unpaired) electrons. The van der Waals surface area contributed by atoms with Crippen molar-refractivity contribution in [3.63, 3.8) is 0 Å². The van der Waals surface area contributed by atoms with Gasteiger partial charge >= 0.3 is 0 Å². The van der Waals surface area contributed by atoms with Crippen LogP contribution in [0.4, 0.5) is 0 Å². The van der Waals surface area contributed by atoms with Gasteiger partial charge in [0.15, 0.2) is 0 Å². The van der Waals surface area contributed by atoms with Crippen LogP contribution in [-0.2, 0) is 4.74 Å². The van der Waals surface area contributed by atoms with Crippen LogP contribution in [0, 0.1) is 0 Å². The number of rotatable bonds is 4. The van der Waals surface area contributed by atoms with Gasteiger partial charge in [-0.1, -0.05) is 18.2 Å². The van der Waals surface area contributed by atoms with Gasteiger partial charge in [0.2, 0.25) is 0 Å². The minimum absolute atomic E-state index is 0.103. The summed E-state index contributed by atoms with van der Waals surface area (Å²) in [5.41, 5.74) is 0.821. The van der Waals surface area contributed by atoms with Crippen molar-refractivity contribution in [1.82, 2.24) is 4.90 Å². The first kappa shape index (κ1) is 13.3. The van der Waals surface area contributed by atoms with Crippen molar-refractivity contribution in [1.29, 1.82) is 0 Å². The topological polar surface area (TPSA) is 41.9 Å². The Balaban J connectivity index is 1.93. The molecule has 0 aromatic heterocycles. The Morgan fingerprint density at radius 3 is 3.00 bits per heavy atom. The fourth-order valence-electron chi connectivity index (χ4n) is 2.11. The maximum absolute atomic E-state index is 9.66. The fourth-order valence-corrected chi connectivity index (χ4v) is 2.11. The van der Waals surface area contributed by atoms with Gasteiger partial charge in [0.1, 0.15) is 18.5 Å². The maximum Gasteiger partial charge on any atom is 0.125 e. The summed E-state index contributed by atoms with van der Waals surface area (Å²) in [6.45, 7) is 4.88. The molecule has 18 heavy (non-hydrogen) atoms. The van der Waals surface area contributed by atoms with Crippen LogP contribution in [0.15, 0.2) is 24.3 Å². The van der Waals surface area contributed by atoms with Crippen molar-refractivity contribution in [2.75, 3.05) is 33.4 Å². The summed E-state index contributed by atoms with van der Waals surface area (Å²) >= 11 is 0. The molecule has 1 aliphatic rings. The van der Waals surface area contributed by atoms with Crippen LogP contribution >= 0.6 is 0 Å². The van der Waals surface area contributed by atoms with E-state index in [9.17, 15) is 5.11 Å².